The van der Waals surface area contributed by atoms with E-state index in [-0.39, 0.29) is 12.7 Å². The molecule has 2 aromatic heterocycles. The number of ether oxygens (including phenoxy) is 4. The van der Waals surface area contributed by atoms with Crippen molar-refractivity contribution in [1.82, 2.24) is 9.97 Å². The van der Waals surface area contributed by atoms with Gasteiger partial charge in [0.25, 0.3) is 10.1 Å². The average molecular weight is 679 g/mol. The number of rotatable bonds is 7. The lowest BCUT2D eigenvalue weighted by atomic mass is 10.1. The van der Waals surface area contributed by atoms with Crippen molar-refractivity contribution in [2.45, 2.75) is 63.6 Å². The van der Waals surface area contributed by atoms with Crippen LogP contribution in [0.4, 0.5) is 0 Å². The van der Waals surface area contributed by atoms with Crippen LogP contribution >= 0.6 is 31.9 Å². The molecule has 38 heavy (non-hydrogen) atoms. The van der Waals surface area contributed by atoms with Crippen LogP contribution in [0.1, 0.15) is 51.2 Å². The van der Waals surface area contributed by atoms with Crippen LogP contribution in [-0.4, -0.2) is 61.6 Å². The van der Waals surface area contributed by atoms with Gasteiger partial charge in [-0.1, -0.05) is 5.11 Å². The molecule has 0 radical (unpaired) electrons. The first kappa shape index (κ1) is 30.9. The fraction of sp³-hybridized carbons (Fsp3) is 0.565. The molecule has 2 saturated heterocycles. The third kappa shape index (κ3) is 9.21. The number of azide groups is 1. The lowest BCUT2D eigenvalue weighted by molar-refractivity contribution is -0.149. The van der Waals surface area contributed by atoms with E-state index in [4.69, 9.17) is 28.7 Å². The van der Waals surface area contributed by atoms with Crippen molar-refractivity contribution in [2.24, 2.45) is 5.11 Å². The molecule has 4 heterocycles. The lowest BCUT2D eigenvalue weighted by Crippen LogP contribution is -2.29. The first-order valence-electron chi connectivity index (χ1n) is 11.5. The fourth-order valence-corrected chi connectivity index (χ4v) is 4.79. The zero-order chi connectivity index (χ0) is 28.1. The first-order chi connectivity index (χ1) is 17.7. The van der Waals surface area contributed by atoms with E-state index in [0.717, 1.165) is 15.2 Å². The summed E-state index contributed by atoms with van der Waals surface area (Å²) in [4.78, 5) is 11.3. The standard InChI is InChI=1S/C12H16BrNO5S.C11H13BrN4O2/c1-12(2)17-7-10(18-12)11(19-20(3,15)16)9-5-4-8(13)6-14-9;1-11(2)17-6-9(18-11)10(15-16-13)8-4-3-7(12)5-14-8/h4-6,10-11H,7H2,1-3H3;3-5,9-10H,6H2,1-2H3/t10-,11?;9-,10?/m11/s1. The molecule has 12 nitrogen and oxygen atoms in total. The summed E-state index contributed by atoms with van der Waals surface area (Å²) in [5.74, 6) is -1.41. The SMILES string of the molecule is CC1(C)OC[C@H](C(N=[N+]=[N-])c2ccc(Br)cn2)O1.CC1(C)OC[C@H](C(OS(C)(=O)=O)c2ccc(Br)cn2)O1. The highest BCUT2D eigenvalue weighted by atomic mass is 79.9. The molecule has 4 rings (SSSR count). The molecular formula is C23H29Br2N5O7S. The minimum atomic E-state index is -3.64. The Labute approximate surface area is 238 Å². The minimum absolute atomic E-state index is 0.241. The Morgan fingerprint density at radius 2 is 1.47 bits per heavy atom. The van der Waals surface area contributed by atoms with E-state index < -0.39 is 39.9 Å². The Morgan fingerprint density at radius 3 is 1.87 bits per heavy atom. The quantitative estimate of drug-likeness (QED) is 0.163. The van der Waals surface area contributed by atoms with Gasteiger partial charge < -0.3 is 18.9 Å². The smallest absolute Gasteiger partial charge is 0.265 e. The number of hydrogen-bond donors (Lipinski definition) is 0. The molecule has 0 N–H and O–H groups in total. The Kier molecular flexibility index (Phi) is 10.3. The van der Waals surface area contributed by atoms with Gasteiger partial charge in [0, 0.05) is 26.3 Å². The number of pyridine rings is 2. The molecule has 4 atom stereocenters. The summed E-state index contributed by atoms with van der Waals surface area (Å²) >= 11 is 6.59. The highest BCUT2D eigenvalue weighted by Gasteiger charge is 2.41. The molecule has 0 saturated carbocycles. The van der Waals surface area contributed by atoms with Gasteiger partial charge in [-0.25, -0.2) is 0 Å². The van der Waals surface area contributed by atoms with Crippen LogP contribution in [0.2, 0.25) is 0 Å². The van der Waals surface area contributed by atoms with Gasteiger partial charge in [-0.05, 0) is 89.4 Å². The highest BCUT2D eigenvalue weighted by Crippen LogP contribution is 2.34. The maximum absolute atomic E-state index is 11.4. The van der Waals surface area contributed by atoms with Gasteiger partial charge in [0.05, 0.1) is 37.0 Å². The summed E-state index contributed by atoms with van der Waals surface area (Å²) in [6, 6.07) is 6.63. The Morgan fingerprint density at radius 1 is 0.974 bits per heavy atom. The molecular weight excluding hydrogens is 650 g/mol. The third-order valence-corrected chi connectivity index (χ3v) is 6.80. The number of hydrogen-bond acceptors (Lipinski definition) is 10. The molecule has 208 valence electrons. The van der Waals surface area contributed by atoms with E-state index >= 15 is 0 Å². The average Bonchev–Trinajstić information content (AvgIpc) is 3.38. The van der Waals surface area contributed by atoms with E-state index in [1.807, 2.05) is 19.9 Å². The monoisotopic (exact) mass is 677 g/mol. The zero-order valence-electron chi connectivity index (χ0n) is 21.4. The van der Waals surface area contributed by atoms with Gasteiger partial charge in [-0.15, -0.1) is 0 Å². The zero-order valence-corrected chi connectivity index (χ0v) is 25.4. The topological polar surface area (TPSA) is 155 Å². The van der Waals surface area contributed by atoms with Crippen LogP contribution in [0.3, 0.4) is 0 Å². The molecule has 0 amide bonds. The van der Waals surface area contributed by atoms with E-state index in [0.29, 0.717) is 18.0 Å². The summed E-state index contributed by atoms with van der Waals surface area (Å²) in [5.41, 5.74) is 9.81. The van der Waals surface area contributed by atoms with Gasteiger partial charge in [-0.2, -0.15) is 8.42 Å². The summed E-state index contributed by atoms with van der Waals surface area (Å²) in [7, 11) is -3.64. The van der Waals surface area contributed by atoms with E-state index in [9.17, 15) is 8.42 Å². The summed E-state index contributed by atoms with van der Waals surface area (Å²) < 4.78 is 52.0. The second kappa shape index (κ2) is 12.7. The Balaban J connectivity index is 0.000000212. The normalized spacial score (nSPS) is 23.6. The molecule has 2 unspecified atom stereocenters. The van der Waals surface area contributed by atoms with E-state index in [1.165, 1.54) is 0 Å². The molecule has 0 spiro atoms. The highest BCUT2D eigenvalue weighted by molar-refractivity contribution is 9.10. The Bertz CT molecular complexity index is 1240. The summed E-state index contributed by atoms with van der Waals surface area (Å²) in [5, 5.41) is 3.77. The van der Waals surface area contributed by atoms with E-state index in [1.54, 1.807) is 44.4 Å². The second-order valence-corrected chi connectivity index (χ2v) is 12.8. The fourth-order valence-electron chi connectivity index (χ4n) is 3.72. The molecule has 0 bridgehead atoms. The maximum atomic E-state index is 11.4. The number of halogens is 2. The van der Waals surface area contributed by atoms with Gasteiger partial charge in [-0.3, -0.25) is 14.2 Å². The predicted molar refractivity (Wildman–Crippen MR) is 144 cm³/mol. The van der Waals surface area contributed by atoms with Crippen molar-refractivity contribution < 1.29 is 31.5 Å². The molecule has 2 aliphatic rings. The minimum Gasteiger partial charge on any atom is -0.348 e. The van der Waals surface area contributed by atoms with Crippen molar-refractivity contribution >= 4 is 42.0 Å². The van der Waals surface area contributed by atoms with Gasteiger partial charge in [0.15, 0.2) is 11.6 Å². The summed E-state index contributed by atoms with van der Waals surface area (Å²) in [6.45, 7) is 7.81. The molecule has 2 fully saturated rings. The second-order valence-electron chi connectivity index (χ2n) is 9.41. The van der Waals surface area contributed by atoms with E-state index in [2.05, 4.69) is 51.9 Å². The molecule has 15 heteroatoms. The van der Waals surface area contributed by atoms with Crippen molar-refractivity contribution in [2.75, 3.05) is 19.5 Å². The molecule has 0 aromatic carbocycles. The van der Waals surface area contributed by atoms with Crippen LogP contribution < -0.4 is 0 Å². The number of nitrogens with zero attached hydrogens (tertiary/aromatic N) is 5. The van der Waals surface area contributed by atoms with Crippen molar-refractivity contribution in [3.63, 3.8) is 0 Å². The van der Waals surface area contributed by atoms with Gasteiger partial charge >= 0.3 is 0 Å². The predicted octanol–water partition coefficient (Wildman–Crippen LogP) is 5.36. The number of aromatic nitrogens is 2. The molecule has 2 aromatic rings. The van der Waals surface area contributed by atoms with Gasteiger partial charge in [0.2, 0.25) is 0 Å². The van der Waals surface area contributed by atoms with Crippen molar-refractivity contribution in [3.8, 4) is 0 Å². The van der Waals surface area contributed by atoms with Crippen LogP contribution in [0.25, 0.3) is 10.4 Å². The largest absolute Gasteiger partial charge is 0.348 e. The van der Waals surface area contributed by atoms with Crippen molar-refractivity contribution in [1.29, 1.82) is 0 Å². The van der Waals surface area contributed by atoms with Crippen LogP contribution in [0.15, 0.2) is 50.7 Å². The maximum Gasteiger partial charge on any atom is 0.265 e. The summed E-state index contributed by atoms with van der Waals surface area (Å²) in [6.07, 6.45) is 2.56. The third-order valence-electron chi connectivity index (χ3n) is 5.30. The van der Waals surface area contributed by atoms with Crippen LogP contribution in [0.5, 0.6) is 0 Å². The Hall–Kier alpha value is -1.68. The molecule has 2 aliphatic heterocycles. The first-order valence-corrected chi connectivity index (χ1v) is 14.9. The van der Waals surface area contributed by atoms with Crippen molar-refractivity contribution in [3.05, 3.63) is 67.4 Å². The molecule has 0 aliphatic carbocycles. The van der Waals surface area contributed by atoms with Crippen LogP contribution in [0, 0.1) is 0 Å². The van der Waals surface area contributed by atoms with Crippen LogP contribution in [-0.2, 0) is 33.2 Å². The van der Waals surface area contributed by atoms with Gasteiger partial charge in [0.1, 0.15) is 18.2 Å². The lowest BCUT2D eigenvalue weighted by Gasteiger charge is -2.23.